The second-order valence-electron chi connectivity index (χ2n) is 7.64. The van der Waals surface area contributed by atoms with Gasteiger partial charge in [0, 0.05) is 31.7 Å². The largest absolute Gasteiger partial charge is 0.478 e. The van der Waals surface area contributed by atoms with Crippen LogP contribution >= 0.6 is 0 Å². The van der Waals surface area contributed by atoms with Gasteiger partial charge in [-0.3, -0.25) is 4.90 Å². The number of rotatable bonds is 3. The molecule has 0 N–H and O–H groups in total. The third-order valence-corrected chi connectivity index (χ3v) is 4.48. The summed E-state index contributed by atoms with van der Waals surface area (Å²) in [5, 5.41) is 0. The van der Waals surface area contributed by atoms with E-state index in [0.717, 1.165) is 30.8 Å². The highest BCUT2D eigenvalue weighted by Gasteiger charge is 2.27. The van der Waals surface area contributed by atoms with E-state index in [9.17, 15) is 4.79 Å². The molecule has 0 spiro atoms. The number of benzene rings is 1. The molecule has 24 heavy (non-hydrogen) atoms. The Labute approximate surface area is 144 Å². The topological polar surface area (TPSA) is 42.0 Å². The lowest BCUT2D eigenvalue weighted by Crippen LogP contribution is -2.40. The standard InChI is InChI=1S/C19H28N2O3/c1-19(2,3)24-18(22)21-12-9-16-15(13-21)7-6-8-17(16)23-14-20-10-4-5-11-20/h6-8H,4-5,9-14H2,1-3H3. The first-order valence-corrected chi connectivity index (χ1v) is 8.86. The van der Waals surface area contributed by atoms with E-state index in [1.807, 2.05) is 32.9 Å². The monoisotopic (exact) mass is 332 g/mol. The summed E-state index contributed by atoms with van der Waals surface area (Å²) in [4.78, 5) is 16.4. The van der Waals surface area contributed by atoms with Gasteiger partial charge < -0.3 is 14.4 Å². The smallest absolute Gasteiger partial charge is 0.410 e. The maximum atomic E-state index is 12.3. The Kier molecular flexibility index (Phi) is 4.99. The zero-order valence-corrected chi connectivity index (χ0v) is 15.0. The Balaban J connectivity index is 1.64. The van der Waals surface area contributed by atoms with Crippen molar-refractivity contribution in [1.29, 1.82) is 0 Å². The molecule has 1 saturated heterocycles. The molecule has 0 aliphatic carbocycles. The van der Waals surface area contributed by atoms with Crippen LogP contribution in [0, 0.1) is 0 Å². The number of carbonyl (C=O) groups excluding carboxylic acids is 1. The van der Waals surface area contributed by atoms with E-state index in [-0.39, 0.29) is 6.09 Å². The van der Waals surface area contributed by atoms with Crippen molar-refractivity contribution in [2.75, 3.05) is 26.4 Å². The summed E-state index contributed by atoms with van der Waals surface area (Å²) in [7, 11) is 0. The average Bonchev–Trinajstić information content (AvgIpc) is 3.04. The molecule has 1 fully saturated rings. The summed E-state index contributed by atoms with van der Waals surface area (Å²) in [6.45, 7) is 9.86. The first kappa shape index (κ1) is 17.1. The van der Waals surface area contributed by atoms with E-state index >= 15 is 0 Å². The predicted molar refractivity (Wildman–Crippen MR) is 93.1 cm³/mol. The molecular formula is C19H28N2O3. The molecule has 0 unspecified atom stereocenters. The highest BCUT2D eigenvalue weighted by atomic mass is 16.6. The molecule has 132 valence electrons. The van der Waals surface area contributed by atoms with Crippen molar-refractivity contribution in [2.45, 2.75) is 52.2 Å². The summed E-state index contributed by atoms with van der Waals surface area (Å²) in [5.41, 5.74) is 1.93. The molecule has 2 aliphatic heterocycles. The molecule has 1 aromatic carbocycles. The number of likely N-dealkylation sites (tertiary alicyclic amines) is 1. The van der Waals surface area contributed by atoms with Crippen LogP contribution < -0.4 is 4.74 Å². The van der Waals surface area contributed by atoms with Crippen LogP contribution in [-0.2, 0) is 17.7 Å². The van der Waals surface area contributed by atoms with Gasteiger partial charge in [-0.05, 0) is 51.7 Å². The molecule has 2 aliphatic rings. The molecule has 0 bridgehead atoms. The minimum Gasteiger partial charge on any atom is -0.478 e. The molecule has 1 amide bonds. The molecule has 0 aromatic heterocycles. The normalized spacial score (nSPS) is 18.4. The van der Waals surface area contributed by atoms with E-state index in [2.05, 4.69) is 11.0 Å². The molecule has 5 heteroatoms. The van der Waals surface area contributed by atoms with Crippen molar-refractivity contribution < 1.29 is 14.3 Å². The third kappa shape index (κ3) is 4.20. The lowest BCUT2D eigenvalue weighted by molar-refractivity contribution is 0.0222. The fourth-order valence-corrected chi connectivity index (χ4v) is 3.26. The van der Waals surface area contributed by atoms with Gasteiger partial charge >= 0.3 is 6.09 Å². The van der Waals surface area contributed by atoms with Crippen molar-refractivity contribution in [3.8, 4) is 5.75 Å². The highest BCUT2D eigenvalue weighted by Crippen LogP contribution is 2.29. The predicted octanol–water partition coefficient (Wildman–Crippen LogP) is 3.41. The van der Waals surface area contributed by atoms with E-state index < -0.39 is 5.60 Å². The number of fused-ring (bicyclic) bond motifs is 1. The quantitative estimate of drug-likeness (QED) is 0.851. The van der Waals surface area contributed by atoms with Crippen LogP contribution in [-0.4, -0.2) is 47.9 Å². The van der Waals surface area contributed by atoms with Gasteiger partial charge in [-0.15, -0.1) is 0 Å². The van der Waals surface area contributed by atoms with Gasteiger partial charge in [0.15, 0.2) is 0 Å². The number of ether oxygens (including phenoxy) is 2. The third-order valence-electron chi connectivity index (χ3n) is 4.48. The van der Waals surface area contributed by atoms with E-state index in [1.54, 1.807) is 4.90 Å². The molecule has 5 nitrogen and oxygen atoms in total. The molecule has 2 heterocycles. The molecule has 0 saturated carbocycles. The maximum Gasteiger partial charge on any atom is 0.410 e. The minimum atomic E-state index is -0.460. The lowest BCUT2D eigenvalue weighted by atomic mass is 9.99. The van der Waals surface area contributed by atoms with Gasteiger partial charge in [-0.2, -0.15) is 0 Å². The molecule has 0 atom stereocenters. The van der Waals surface area contributed by atoms with Crippen LogP contribution in [0.4, 0.5) is 4.79 Å². The number of nitrogens with zero attached hydrogens (tertiary/aromatic N) is 2. The van der Waals surface area contributed by atoms with Crippen LogP contribution in [0.2, 0.25) is 0 Å². The van der Waals surface area contributed by atoms with E-state index in [0.29, 0.717) is 19.8 Å². The Morgan fingerprint density at radius 3 is 2.62 bits per heavy atom. The van der Waals surface area contributed by atoms with Gasteiger partial charge in [0.25, 0.3) is 0 Å². The van der Waals surface area contributed by atoms with Crippen molar-refractivity contribution in [1.82, 2.24) is 9.80 Å². The average molecular weight is 332 g/mol. The van der Waals surface area contributed by atoms with Gasteiger partial charge in [-0.1, -0.05) is 12.1 Å². The second-order valence-corrected chi connectivity index (χ2v) is 7.64. The fourth-order valence-electron chi connectivity index (χ4n) is 3.26. The number of carbonyl (C=O) groups is 1. The van der Waals surface area contributed by atoms with Gasteiger partial charge in [0.05, 0.1) is 0 Å². The Bertz CT molecular complexity index is 589. The molecule has 1 aromatic rings. The summed E-state index contributed by atoms with van der Waals surface area (Å²) in [6, 6.07) is 6.13. The SMILES string of the molecule is CC(C)(C)OC(=O)N1CCc2c(cccc2OCN2CCCC2)C1. The summed E-state index contributed by atoms with van der Waals surface area (Å²) < 4.78 is 11.5. The zero-order valence-electron chi connectivity index (χ0n) is 15.0. The number of amides is 1. The van der Waals surface area contributed by atoms with Crippen LogP contribution in [0.25, 0.3) is 0 Å². The lowest BCUT2D eigenvalue weighted by Gasteiger charge is -2.32. The zero-order chi connectivity index (χ0) is 17.2. The van der Waals surface area contributed by atoms with Crippen LogP contribution in [0.1, 0.15) is 44.7 Å². The van der Waals surface area contributed by atoms with Gasteiger partial charge in [-0.25, -0.2) is 4.79 Å². The first-order chi connectivity index (χ1) is 11.4. The molecule has 0 radical (unpaired) electrons. The fraction of sp³-hybridized carbons (Fsp3) is 0.632. The number of hydrogen-bond donors (Lipinski definition) is 0. The summed E-state index contributed by atoms with van der Waals surface area (Å²) >= 11 is 0. The van der Waals surface area contributed by atoms with Crippen LogP contribution in [0.15, 0.2) is 18.2 Å². The van der Waals surface area contributed by atoms with Crippen LogP contribution in [0.5, 0.6) is 5.75 Å². The Hall–Kier alpha value is -1.75. The van der Waals surface area contributed by atoms with Crippen molar-refractivity contribution in [2.24, 2.45) is 0 Å². The Morgan fingerprint density at radius 1 is 1.17 bits per heavy atom. The number of hydrogen-bond acceptors (Lipinski definition) is 4. The molecule has 3 rings (SSSR count). The van der Waals surface area contributed by atoms with E-state index in [4.69, 9.17) is 9.47 Å². The van der Waals surface area contributed by atoms with Crippen LogP contribution in [0.3, 0.4) is 0 Å². The van der Waals surface area contributed by atoms with Crippen molar-refractivity contribution in [3.05, 3.63) is 29.3 Å². The van der Waals surface area contributed by atoms with Crippen molar-refractivity contribution >= 4 is 6.09 Å². The maximum absolute atomic E-state index is 12.3. The highest BCUT2D eigenvalue weighted by molar-refractivity contribution is 5.69. The van der Waals surface area contributed by atoms with E-state index in [1.165, 1.54) is 18.4 Å². The summed E-state index contributed by atoms with van der Waals surface area (Å²) in [5.74, 6) is 0.961. The van der Waals surface area contributed by atoms with Gasteiger partial charge in [0.2, 0.25) is 0 Å². The first-order valence-electron chi connectivity index (χ1n) is 8.86. The van der Waals surface area contributed by atoms with Crippen molar-refractivity contribution in [3.63, 3.8) is 0 Å². The molecular weight excluding hydrogens is 304 g/mol. The second kappa shape index (κ2) is 7.01. The summed E-state index contributed by atoms with van der Waals surface area (Å²) in [6.07, 6.45) is 3.10. The van der Waals surface area contributed by atoms with Gasteiger partial charge in [0.1, 0.15) is 18.1 Å². The minimum absolute atomic E-state index is 0.239. The Morgan fingerprint density at radius 2 is 1.92 bits per heavy atom.